The van der Waals surface area contributed by atoms with E-state index in [0.29, 0.717) is 0 Å². The van der Waals surface area contributed by atoms with Crippen molar-refractivity contribution in [2.75, 3.05) is 32.8 Å². The van der Waals surface area contributed by atoms with Crippen LogP contribution < -0.4 is 5.32 Å². The van der Waals surface area contributed by atoms with E-state index in [1.807, 2.05) is 36.4 Å². The number of benzene rings is 2. The molecule has 1 saturated heterocycles. The summed E-state index contributed by atoms with van der Waals surface area (Å²) in [4.78, 5) is 15.7. The average molecular weight is 393 g/mol. The van der Waals surface area contributed by atoms with Crippen molar-refractivity contribution in [1.29, 1.82) is 0 Å². The number of carbonyl (C=O) groups excluding carboxylic acids is 1. The number of rotatable bonds is 6. The number of hydrogen-bond donors (Lipinski definition) is 1. The maximum absolute atomic E-state index is 13.2. The lowest BCUT2D eigenvalue weighted by Gasteiger charge is -2.48. The normalized spacial score (nSPS) is 19.6. The molecule has 1 aliphatic heterocycles. The van der Waals surface area contributed by atoms with E-state index in [-0.39, 0.29) is 11.4 Å². The molecule has 2 aromatic carbocycles. The third-order valence-corrected chi connectivity index (χ3v) is 6.54. The van der Waals surface area contributed by atoms with Crippen LogP contribution in [0.5, 0.6) is 0 Å². The summed E-state index contributed by atoms with van der Waals surface area (Å²) < 4.78 is 5.57. The molecule has 1 aliphatic carbocycles. The molecular weight excluding hydrogens is 360 g/mol. The summed E-state index contributed by atoms with van der Waals surface area (Å²) in [5.74, 6) is 0.0507. The molecule has 1 heterocycles. The van der Waals surface area contributed by atoms with Gasteiger partial charge in [-0.3, -0.25) is 9.69 Å². The number of nitrogens with one attached hydrogen (secondary N) is 1. The second-order valence-corrected chi connectivity index (χ2v) is 8.39. The minimum absolute atomic E-state index is 0.0507. The fraction of sp³-hybridized carbons (Fsp3) is 0.480. The monoisotopic (exact) mass is 392 g/mol. The highest BCUT2D eigenvalue weighted by Gasteiger charge is 2.38. The quantitative estimate of drug-likeness (QED) is 0.807. The van der Waals surface area contributed by atoms with Gasteiger partial charge < -0.3 is 10.1 Å². The Morgan fingerprint density at radius 2 is 1.62 bits per heavy atom. The molecule has 0 aromatic heterocycles. The molecule has 2 fully saturated rings. The lowest BCUT2D eigenvalue weighted by Crippen LogP contribution is -2.59. The molecule has 0 radical (unpaired) electrons. The minimum atomic E-state index is 0.0507. The van der Waals surface area contributed by atoms with Gasteiger partial charge in [-0.1, -0.05) is 67.8 Å². The maximum Gasteiger partial charge on any atom is 0.251 e. The Balaban J connectivity index is 1.47. The van der Waals surface area contributed by atoms with Crippen molar-refractivity contribution in [3.8, 4) is 0 Å². The van der Waals surface area contributed by atoms with Gasteiger partial charge >= 0.3 is 0 Å². The van der Waals surface area contributed by atoms with E-state index in [0.717, 1.165) is 50.4 Å². The first-order valence-electron chi connectivity index (χ1n) is 11.0. The van der Waals surface area contributed by atoms with Crippen LogP contribution in [0.4, 0.5) is 0 Å². The zero-order valence-electron chi connectivity index (χ0n) is 17.2. The van der Waals surface area contributed by atoms with Crippen molar-refractivity contribution in [2.24, 2.45) is 0 Å². The van der Waals surface area contributed by atoms with E-state index >= 15 is 0 Å². The van der Waals surface area contributed by atoms with Gasteiger partial charge in [-0.25, -0.2) is 0 Å². The van der Waals surface area contributed by atoms with Crippen LogP contribution in [0.15, 0.2) is 54.6 Å². The van der Waals surface area contributed by atoms with Crippen LogP contribution >= 0.6 is 0 Å². The predicted molar refractivity (Wildman–Crippen MR) is 116 cm³/mol. The first-order chi connectivity index (χ1) is 14.3. The molecule has 0 bridgehead atoms. The molecule has 2 aromatic rings. The highest BCUT2D eigenvalue weighted by atomic mass is 16.5. The fourth-order valence-corrected chi connectivity index (χ4v) is 4.90. The average Bonchev–Trinajstić information content (AvgIpc) is 2.80. The van der Waals surface area contributed by atoms with Crippen molar-refractivity contribution in [1.82, 2.24) is 10.2 Å². The molecule has 2 aliphatic rings. The summed E-state index contributed by atoms with van der Waals surface area (Å²) >= 11 is 0. The third-order valence-electron chi connectivity index (χ3n) is 6.54. The summed E-state index contributed by atoms with van der Waals surface area (Å²) in [5.41, 5.74) is 3.20. The van der Waals surface area contributed by atoms with E-state index in [2.05, 4.69) is 28.4 Å². The Morgan fingerprint density at radius 3 is 2.38 bits per heavy atom. The standard InChI is InChI=1S/C25H32N2O2/c28-24(23-12-6-5-11-22(23)19-21-9-3-1-4-10-21)26-20-25(13-7-2-8-14-25)27-15-17-29-18-16-27/h1,3-6,9-12H,2,7-8,13-20H2,(H,26,28). The Kier molecular flexibility index (Phi) is 6.63. The van der Waals surface area contributed by atoms with E-state index in [1.54, 1.807) is 0 Å². The van der Waals surface area contributed by atoms with E-state index < -0.39 is 0 Å². The Hall–Kier alpha value is -2.17. The van der Waals surface area contributed by atoms with Gasteiger partial charge in [-0.2, -0.15) is 0 Å². The molecule has 0 spiro atoms. The lowest BCUT2D eigenvalue weighted by molar-refractivity contribution is -0.0361. The lowest BCUT2D eigenvalue weighted by atomic mass is 9.79. The van der Waals surface area contributed by atoms with Crippen LogP contribution in [0.25, 0.3) is 0 Å². The molecule has 4 nitrogen and oxygen atoms in total. The van der Waals surface area contributed by atoms with Gasteiger partial charge in [0.25, 0.3) is 5.91 Å². The van der Waals surface area contributed by atoms with E-state index in [9.17, 15) is 4.79 Å². The molecule has 154 valence electrons. The second kappa shape index (κ2) is 9.55. The highest BCUT2D eigenvalue weighted by molar-refractivity contribution is 5.95. The van der Waals surface area contributed by atoms with Crippen molar-refractivity contribution < 1.29 is 9.53 Å². The van der Waals surface area contributed by atoms with Gasteiger partial charge in [0.2, 0.25) is 0 Å². The molecule has 1 amide bonds. The first kappa shape index (κ1) is 20.1. The fourth-order valence-electron chi connectivity index (χ4n) is 4.90. The smallest absolute Gasteiger partial charge is 0.251 e. The summed E-state index contributed by atoms with van der Waals surface area (Å²) in [6, 6.07) is 18.4. The number of ether oxygens (including phenoxy) is 1. The van der Waals surface area contributed by atoms with Gasteiger partial charge in [0.15, 0.2) is 0 Å². The molecule has 1 saturated carbocycles. The topological polar surface area (TPSA) is 41.6 Å². The molecule has 0 unspecified atom stereocenters. The summed E-state index contributed by atoms with van der Waals surface area (Å²) in [5, 5.41) is 3.31. The number of carbonyl (C=O) groups is 1. The van der Waals surface area contributed by atoms with Gasteiger partial charge in [0.1, 0.15) is 0 Å². The van der Waals surface area contributed by atoms with Crippen LogP contribution in [0.3, 0.4) is 0 Å². The molecule has 4 heteroatoms. The van der Waals surface area contributed by atoms with Crippen LogP contribution in [0.2, 0.25) is 0 Å². The van der Waals surface area contributed by atoms with Gasteiger partial charge in [-0.05, 0) is 36.5 Å². The Labute approximate surface area is 174 Å². The number of morpholine rings is 1. The molecule has 29 heavy (non-hydrogen) atoms. The van der Waals surface area contributed by atoms with Crippen LogP contribution in [0.1, 0.15) is 53.6 Å². The third kappa shape index (κ3) is 4.88. The summed E-state index contributed by atoms with van der Waals surface area (Å²) in [6.45, 7) is 4.28. The van der Waals surface area contributed by atoms with Crippen molar-refractivity contribution in [3.63, 3.8) is 0 Å². The van der Waals surface area contributed by atoms with Crippen molar-refractivity contribution in [2.45, 2.75) is 44.1 Å². The number of hydrogen-bond acceptors (Lipinski definition) is 3. The minimum Gasteiger partial charge on any atom is -0.379 e. The second-order valence-electron chi connectivity index (χ2n) is 8.39. The predicted octanol–water partition coefficient (Wildman–Crippen LogP) is 4.04. The summed E-state index contributed by atoms with van der Waals surface area (Å²) in [7, 11) is 0. The van der Waals surface area contributed by atoms with Crippen LogP contribution in [0, 0.1) is 0 Å². The Morgan fingerprint density at radius 1 is 0.931 bits per heavy atom. The van der Waals surface area contributed by atoms with Gasteiger partial charge in [0.05, 0.1) is 13.2 Å². The maximum atomic E-state index is 13.2. The highest BCUT2D eigenvalue weighted by Crippen LogP contribution is 2.34. The SMILES string of the molecule is O=C(NCC1(N2CCOCC2)CCCCC1)c1ccccc1Cc1ccccc1. The molecule has 0 atom stereocenters. The van der Waals surface area contributed by atoms with Crippen LogP contribution in [-0.2, 0) is 11.2 Å². The van der Waals surface area contributed by atoms with Crippen molar-refractivity contribution in [3.05, 3.63) is 71.3 Å². The Bertz CT molecular complexity index is 793. The number of amides is 1. The molecule has 4 rings (SSSR count). The zero-order valence-corrected chi connectivity index (χ0v) is 17.2. The zero-order chi connectivity index (χ0) is 19.9. The van der Waals surface area contributed by atoms with Crippen molar-refractivity contribution >= 4 is 5.91 Å². The number of nitrogens with zero attached hydrogens (tertiary/aromatic N) is 1. The van der Waals surface area contributed by atoms with E-state index in [1.165, 1.54) is 37.7 Å². The van der Waals surface area contributed by atoms with E-state index in [4.69, 9.17) is 4.74 Å². The van der Waals surface area contributed by atoms with Gasteiger partial charge in [-0.15, -0.1) is 0 Å². The largest absolute Gasteiger partial charge is 0.379 e. The molecular formula is C25H32N2O2. The van der Waals surface area contributed by atoms with Crippen LogP contribution in [-0.4, -0.2) is 49.2 Å². The van der Waals surface area contributed by atoms with Gasteiger partial charge in [0, 0.05) is 30.7 Å². The molecule has 1 N–H and O–H groups in total. The first-order valence-corrected chi connectivity index (χ1v) is 11.0. The summed E-state index contributed by atoms with van der Waals surface area (Å²) in [6.07, 6.45) is 6.91.